The highest BCUT2D eigenvalue weighted by molar-refractivity contribution is 5.92. The molecular formula is C24H27FN4O2. The van der Waals surface area contributed by atoms with Gasteiger partial charge in [0.1, 0.15) is 11.6 Å². The van der Waals surface area contributed by atoms with Crippen molar-refractivity contribution >= 4 is 17.6 Å². The predicted molar refractivity (Wildman–Crippen MR) is 115 cm³/mol. The second-order valence-corrected chi connectivity index (χ2v) is 9.09. The molecule has 2 amide bonds. The van der Waals surface area contributed by atoms with Gasteiger partial charge in [0.2, 0.25) is 11.8 Å². The van der Waals surface area contributed by atoms with E-state index in [2.05, 4.69) is 14.8 Å². The molecule has 0 radical (unpaired) electrons. The lowest BCUT2D eigenvalue weighted by Gasteiger charge is -2.57. The summed E-state index contributed by atoms with van der Waals surface area (Å²) in [5, 5.41) is 0. The largest absolute Gasteiger partial charge is 0.366 e. The molecule has 3 saturated heterocycles. The highest BCUT2D eigenvalue weighted by Gasteiger charge is 2.49. The van der Waals surface area contributed by atoms with Gasteiger partial charge in [-0.3, -0.25) is 9.59 Å². The monoisotopic (exact) mass is 422 g/mol. The van der Waals surface area contributed by atoms with Crippen molar-refractivity contribution in [3.8, 4) is 0 Å². The van der Waals surface area contributed by atoms with Crippen LogP contribution < -0.4 is 10.6 Å². The summed E-state index contributed by atoms with van der Waals surface area (Å²) in [4.78, 5) is 33.3. The van der Waals surface area contributed by atoms with Crippen LogP contribution in [0.4, 0.5) is 10.2 Å². The molecule has 1 aromatic heterocycles. The molecule has 0 spiro atoms. The second kappa shape index (κ2) is 7.94. The smallest absolute Gasteiger partial charge is 0.250 e. The molecule has 4 heterocycles. The Morgan fingerprint density at radius 3 is 2.77 bits per heavy atom. The van der Waals surface area contributed by atoms with Gasteiger partial charge in [-0.2, -0.15) is 0 Å². The quantitative estimate of drug-likeness (QED) is 0.822. The van der Waals surface area contributed by atoms with E-state index in [0.29, 0.717) is 24.3 Å². The van der Waals surface area contributed by atoms with Crippen LogP contribution in [-0.4, -0.2) is 46.9 Å². The highest BCUT2D eigenvalue weighted by Crippen LogP contribution is 2.43. The maximum Gasteiger partial charge on any atom is 0.250 e. The molecule has 7 heteroatoms. The number of primary amides is 1. The number of fused-ring (bicyclic) bond motifs is 4. The Labute approximate surface area is 181 Å². The van der Waals surface area contributed by atoms with Crippen LogP contribution >= 0.6 is 0 Å². The molecule has 2 aromatic rings. The average molecular weight is 423 g/mol. The first-order valence-electron chi connectivity index (χ1n) is 11.1. The number of halogens is 1. The van der Waals surface area contributed by atoms with Crippen molar-refractivity contribution in [2.24, 2.45) is 17.6 Å². The number of rotatable bonds is 4. The van der Waals surface area contributed by atoms with Crippen molar-refractivity contribution in [3.63, 3.8) is 0 Å². The van der Waals surface area contributed by atoms with Crippen LogP contribution in [0.5, 0.6) is 0 Å². The van der Waals surface area contributed by atoms with Crippen molar-refractivity contribution in [3.05, 3.63) is 59.5 Å². The summed E-state index contributed by atoms with van der Waals surface area (Å²) in [6.45, 7) is 1.64. The van der Waals surface area contributed by atoms with Gasteiger partial charge in [0.25, 0.3) is 0 Å². The Hall–Kier alpha value is -2.96. The van der Waals surface area contributed by atoms with E-state index in [4.69, 9.17) is 5.73 Å². The standard InChI is InChI=1S/C24H27FN4O2/c25-19-4-1-3-15(9-19)10-21-18-11-17(20-5-2-6-23(30)29(20)21)13-28(14-18)22-8-7-16(12-27-22)24(26)31/h1,3-4,7-9,12,17-18,20-21H,2,5-6,10-11,13-14H2,(H2,26,31)/t17-,18+,20+,21+/m1/s1. The van der Waals surface area contributed by atoms with E-state index in [1.54, 1.807) is 18.2 Å². The predicted octanol–water partition coefficient (Wildman–Crippen LogP) is 2.77. The SMILES string of the molecule is NC(=O)c1ccc(N2C[C@H]3C[C@@H](C2)[C@H](Cc2cccc(F)c2)N2C(=O)CCC[C@@H]32)nc1. The Kier molecular flexibility index (Phi) is 5.12. The number of piperidine rings is 3. The number of carbonyl (C=O) groups excluding carboxylic acids is 2. The maximum atomic E-state index is 13.8. The van der Waals surface area contributed by atoms with Gasteiger partial charge >= 0.3 is 0 Å². The van der Waals surface area contributed by atoms with Crippen molar-refractivity contribution in [1.29, 1.82) is 0 Å². The molecule has 0 saturated carbocycles. The Balaban J connectivity index is 1.44. The first-order valence-corrected chi connectivity index (χ1v) is 11.1. The van der Waals surface area contributed by atoms with Crippen LogP contribution in [0.2, 0.25) is 0 Å². The zero-order valence-corrected chi connectivity index (χ0v) is 17.4. The van der Waals surface area contributed by atoms with Crippen LogP contribution in [0, 0.1) is 17.7 Å². The third kappa shape index (κ3) is 3.77. The lowest BCUT2D eigenvalue weighted by molar-refractivity contribution is -0.148. The Bertz CT molecular complexity index is 995. The van der Waals surface area contributed by atoms with E-state index >= 15 is 0 Å². The van der Waals surface area contributed by atoms with Gasteiger partial charge in [0.15, 0.2) is 0 Å². The summed E-state index contributed by atoms with van der Waals surface area (Å²) in [7, 11) is 0. The normalized spacial score (nSPS) is 27.7. The molecule has 5 rings (SSSR count). The van der Waals surface area contributed by atoms with Crippen LogP contribution in [0.1, 0.15) is 41.6 Å². The summed E-state index contributed by atoms with van der Waals surface area (Å²) in [6, 6.07) is 10.6. The van der Waals surface area contributed by atoms with Gasteiger partial charge in [-0.25, -0.2) is 9.37 Å². The van der Waals surface area contributed by atoms with E-state index in [1.807, 2.05) is 12.1 Å². The molecular weight excluding hydrogens is 395 g/mol. The number of pyridine rings is 1. The minimum absolute atomic E-state index is 0.0588. The van der Waals surface area contributed by atoms with Gasteiger partial charge in [-0.1, -0.05) is 12.1 Å². The van der Waals surface area contributed by atoms with E-state index in [-0.39, 0.29) is 29.7 Å². The number of nitrogens with zero attached hydrogens (tertiary/aromatic N) is 3. The fraction of sp³-hybridized carbons (Fsp3) is 0.458. The van der Waals surface area contributed by atoms with Crippen LogP contribution in [0.15, 0.2) is 42.6 Å². The number of carbonyl (C=O) groups is 2. The minimum atomic E-state index is -0.485. The van der Waals surface area contributed by atoms with Crippen molar-refractivity contribution in [1.82, 2.24) is 9.88 Å². The fourth-order valence-corrected chi connectivity index (χ4v) is 5.85. The van der Waals surface area contributed by atoms with Gasteiger partial charge in [0.05, 0.1) is 5.56 Å². The zero-order chi connectivity index (χ0) is 21.5. The van der Waals surface area contributed by atoms with Crippen molar-refractivity contribution in [2.45, 2.75) is 44.2 Å². The first-order chi connectivity index (χ1) is 15.0. The van der Waals surface area contributed by atoms with Crippen LogP contribution in [-0.2, 0) is 11.2 Å². The van der Waals surface area contributed by atoms with Gasteiger partial charge in [-0.15, -0.1) is 0 Å². The molecule has 2 N–H and O–H groups in total. The number of hydrogen-bond donors (Lipinski definition) is 1. The van der Waals surface area contributed by atoms with Gasteiger partial charge < -0.3 is 15.5 Å². The minimum Gasteiger partial charge on any atom is -0.366 e. The number of hydrogen-bond acceptors (Lipinski definition) is 4. The molecule has 31 heavy (non-hydrogen) atoms. The number of aromatic nitrogens is 1. The number of benzene rings is 1. The molecule has 1 aromatic carbocycles. The van der Waals surface area contributed by atoms with Crippen molar-refractivity contribution < 1.29 is 14.0 Å². The van der Waals surface area contributed by atoms with E-state index in [9.17, 15) is 14.0 Å². The molecule has 2 bridgehead atoms. The number of anilines is 1. The molecule has 3 aliphatic heterocycles. The van der Waals surface area contributed by atoms with Gasteiger partial charge in [0, 0.05) is 37.8 Å². The maximum absolute atomic E-state index is 13.8. The summed E-state index contributed by atoms with van der Waals surface area (Å²) in [6.07, 6.45) is 5.83. The van der Waals surface area contributed by atoms with E-state index in [0.717, 1.165) is 43.7 Å². The lowest BCUT2D eigenvalue weighted by Crippen LogP contribution is -2.65. The van der Waals surface area contributed by atoms with E-state index in [1.165, 1.54) is 12.3 Å². The average Bonchev–Trinajstić information content (AvgIpc) is 2.77. The third-order valence-corrected chi connectivity index (χ3v) is 7.19. The molecule has 3 aliphatic rings. The van der Waals surface area contributed by atoms with Crippen LogP contribution in [0.3, 0.4) is 0 Å². The number of amides is 2. The summed E-state index contributed by atoms with van der Waals surface area (Å²) in [5.41, 5.74) is 6.68. The van der Waals surface area contributed by atoms with Crippen LogP contribution in [0.25, 0.3) is 0 Å². The van der Waals surface area contributed by atoms with Gasteiger partial charge in [-0.05, 0) is 67.3 Å². The molecule has 4 atom stereocenters. The number of nitrogens with two attached hydrogens (primary N) is 1. The molecule has 162 valence electrons. The zero-order valence-electron chi connectivity index (χ0n) is 17.4. The molecule has 6 nitrogen and oxygen atoms in total. The first kappa shape index (κ1) is 20.0. The Morgan fingerprint density at radius 2 is 2.03 bits per heavy atom. The van der Waals surface area contributed by atoms with Crippen molar-refractivity contribution in [2.75, 3.05) is 18.0 Å². The second-order valence-electron chi connectivity index (χ2n) is 9.09. The summed E-state index contributed by atoms with van der Waals surface area (Å²) in [5.74, 6) is 1.03. The summed E-state index contributed by atoms with van der Waals surface area (Å²) >= 11 is 0. The fourth-order valence-electron chi connectivity index (χ4n) is 5.85. The molecule has 0 unspecified atom stereocenters. The molecule has 3 fully saturated rings. The highest BCUT2D eigenvalue weighted by atomic mass is 19.1. The van der Waals surface area contributed by atoms with E-state index < -0.39 is 5.91 Å². The Morgan fingerprint density at radius 1 is 1.19 bits per heavy atom. The lowest BCUT2D eigenvalue weighted by atomic mass is 9.70. The third-order valence-electron chi connectivity index (χ3n) is 7.19. The molecule has 0 aliphatic carbocycles. The topological polar surface area (TPSA) is 79.5 Å². The summed E-state index contributed by atoms with van der Waals surface area (Å²) < 4.78 is 13.8.